The van der Waals surface area contributed by atoms with Gasteiger partial charge in [-0.1, -0.05) is 72.8 Å². The summed E-state index contributed by atoms with van der Waals surface area (Å²) in [4.78, 5) is 37.9. The van der Waals surface area contributed by atoms with Crippen LogP contribution in [-0.2, 0) is 16.9 Å². The number of nitrogens with one attached hydrogen (secondary N) is 2. The minimum Gasteiger partial charge on any atom is -0.343 e. The zero-order valence-corrected chi connectivity index (χ0v) is 17.2. The largest absolute Gasteiger partial charge is 0.343 e. The lowest BCUT2D eigenvalue weighted by molar-refractivity contribution is -0.122. The van der Waals surface area contributed by atoms with Gasteiger partial charge in [0.2, 0.25) is 5.91 Å². The minimum atomic E-state index is -0.735. The van der Waals surface area contributed by atoms with Crippen LogP contribution in [0.1, 0.15) is 24.5 Å². The second-order valence-electron chi connectivity index (χ2n) is 7.60. The van der Waals surface area contributed by atoms with E-state index in [1.165, 1.54) is 4.68 Å². The Morgan fingerprint density at radius 1 is 0.839 bits per heavy atom. The van der Waals surface area contributed by atoms with Crippen molar-refractivity contribution in [2.45, 2.75) is 25.4 Å². The number of aryl methyl sites for hydroxylation is 1. The van der Waals surface area contributed by atoms with Crippen LogP contribution in [0.15, 0.2) is 94.5 Å². The molecule has 0 aliphatic heterocycles. The van der Waals surface area contributed by atoms with Gasteiger partial charge in [0.05, 0.1) is 22.9 Å². The Balaban J connectivity index is 1.59. The molecule has 0 aliphatic carbocycles. The second kappa shape index (κ2) is 8.44. The summed E-state index contributed by atoms with van der Waals surface area (Å²) in [5.74, 6) is -0.226. The van der Waals surface area contributed by atoms with E-state index in [2.05, 4.69) is 10.4 Å². The highest BCUT2D eigenvalue weighted by Gasteiger charge is 2.30. The Labute approximate surface area is 179 Å². The fourth-order valence-electron chi connectivity index (χ4n) is 3.81. The Morgan fingerprint density at radius 2 is 1.35 bits per heavy atom. The van der Waals surface area contributed by atoms with Gasteiger partial charge in [0, 0.05) is 6.42 Å². The molecule has 0 saturated carbocycles. The van der Waals surface area contributed by atoms with Crippen molar-refractivity contribution in [1.82, 2.24) is 15.1 Å². The summed E-state index contributed by atoms with van der Waals surface area (Å²) >= 11 is 0. The molecule has 1 amide bonds. The van der Waals surface area contributed by atoms with E-state index in [0.717, 1.165) is 11.1 Å². The molecule has 0 bridgehead atoms. The van der Waals surface area contributed by atoms with Crippen LogP contribution in [0, 0.1) is 0 Å². The molecule has 4 aromatic rings. The van der Waals surface area contributed by atoms with Crippen molar-refractivity contribution in [3.8, 4) is 0 Å². The van der Waals surface area contributed by atoms with Crippen LogP contribution < -0.4 is 16.4 Å². The first-order valence-electron chi connectivity index (χ1n) is 10.1. The average molecular weight is 413 g/mol. The minimum absolute atomic E-state index is 0.0451. The van der Waals surface area contributed by atoms with E-state index < -0.39 is 5.54 Å². The third-order valence-electron chi connectivity index (χ3n) is 5.54. The molecule has 1 heterocycles. The molecular weight excluding hydrogens is 390 g/mol. The molecule has 0 fully saturated rings. The van der Waals surface area contributed by atoms with Gasteiger partial charge in [0.25, 0.3) is 11.1 Å². The van der Waals surface area contributed by atoms with Crippen LogP contribution in [0.2, 0.25) is 0 Å². The van der Waals surface area contributed by atoms with Crippen molar-refractivity contribution >= 4 is 16.7 Å². The molecule has 0 aliphatic rings. The van der Waals surface area contributed by atoms with Gasteiger partial charge in [-0.05, 0) is 30.2 Å². The lowest BCUT2D eigenvalue weighted by atomic mass is 9.84. The van der Waals surface area contributed by atoms with Crippen molar-refractivity contribution < 1.29 is 4.79 Å². The number of benzene rings is 3. The van der Waals surface area contributed by atoms with E-state index in [9.17, 15) is 14.4 Å². The summed E-state index contributed by atoms with van der Waals surface area (Å²) in [6.07, 6.45) is 0.0451. The average Bonchev–Trinajstić information content (AvgIpc) is 2.81. The van der Waals surface area contributed by atoms with Crippen molar-refractivity contribution in [2.75, 3.05) is 0 Å². The number of hydrogen-bond acceptors (Lipinski definition) is 3. The third-order valence-corrected chi connectivity index (χ3v) is 5.54. The second-order valence-corrected chi connectivity index (χ2v) is 7.60. The first-order chi connectivity index (χ1) is 15.0. The van der Waals surface area contributed by atoms with Gasteiger partial charge in [0.1, 0.15) is 0 Å². The Hall–Kier alpha value is -3.93. The highest BCUT2D eigenvalue weighted by atomic mass is 16.2. The van der Waals surface area contributed by atoms with E-state index in [-0.39, 0.29) is 30.0 Å². The van der Waals surface area contributed by atoms with Crippen LogP contribution in [0.3, 0.4) is 0 Å². The third kappa shape index (κ3) is 4.05. The normalized spacial score (nSPS) is 11.4. The van der Waals surface area contributed by atoms with Gasteiger partial charge >= 0.3 is 0 Å². The molecule has 1 aromatic heterocycles. The zero-order valence-electron chi connectivity index (χ0n) is 17.2. The molecule has 2 N–H and O–H groups in total. The molecule has 3 aromatic carbocycles. The van der Waals surface area contributed by atoms with Crippen molar-refractivity contribution in [3.63, 3.8) is 0 Å². The molecule has 6 heteroatoms. The fourth-order valence-corrected chi connectivity index (χ4v) is 3.81. The lowest BCUT2D eigenvalue weighted by Crippen LogP contribution is -2.45. The number of aromatic nitrogens is 2. The first-order valence-corrected chi connectivity index (χ1v) is 10.1. The molecule has 0 spiro atoms. The summed E-state index contributed by atoms with van der Waals surface area (Å²) in [5.41, 5.74) is 0.490. The molecular formula is C25H23N3O3. The fraction of sp³-hybridized carbons (Fsp3) is 0.160. The van der Waals surface area contributed by atoms with Crippen molar-refractivity contribution in [3.05, 3.63) is 117 Å². The first kappa shape index (κ1) is 20.3. The molecule has 0 atom stereocenters. The van der Waals surface area contributed by atoms with Crippen LogP contribution in [-0.4, -0.2) is 15.7 Å². The number of hydrogen-bond donors (Lipinski definition) is 2. The number of carbonyl (C=O) groups excluding carboxylic acids is 1. The van der Waals surface area contributed by atoms with E-state index in [4.69, 9.17) is 0 Å². The number of fused-ring (bicyclic) bond motifs is 1. The summed E-state index contributed by atoms with van der Waals surface area (Å²) in [6, 6.07) is 26.1. The predicted octanol–water partition coefficient (Wildman–Crippen LogP) is 3.16. The van der Waals surface area contributed by atoms with E-state index in [1.807, 2.05) is 67.6 Å². The highest BCUT2D eigenvalue weighted by molar-refractivity contribution is 5.80. The number of amides is 1. The van der Waals surface area contributed by atoms with Gasteiger partial charge in [-0.25, -0.2) is 4.68 Å². The van der Waals surface area contributed by atoms with Crippen LogP contribution >= 0.6 is 0 Å². The van der Waals surface area contributed by atoms with Crippen LogP contribution in [0.5, 0.6) is 0 Å². The van der Waals surface area contributed by atoms with Gasteiger partial charge in [-0.2, -0.15) is 0 Å². The molecule has 0 radical (unpaired) electrons. The summed E-state index contributed by atoms with van der Waals surface area (Å²) in [5, 5.41) is 6.37. The predicted molar refractivity (Wildman–Crippen MR) is 121 cm³/mol. The number of rotatable bonds is 6. The number of H-pyrrole nitrogens is 1. The SMILES string of the molecule is CC(NC(=O)CCn1[nH]c(=O)c2ccccc2c1=O)(c1ccccc1)c1ccccc1. The van der Waals surface area contributed by atoms with Crippen LogP contribution in [0.4, 0.5) is 0 Å². The van der Waals surface area contributed by atoms with Crippen molar-refractivity contribution in [2.24, 2.45) is 0 Å². The smallest absolute Gasteiger partial charge is 0.273 e. The summed E-state index contributed by atoms with van der Waals surface area (Å²) < 4.78 is 1.20. The number of aromatic amines is 1. The van der Waals surface area contributed by atoms with E-state index in [1.54, 1.807) is 24.3 Å². The molecule has 31 heavy (non-hydrogen) atoms. The van der Waals surface area contributed by atoms with Crippen LogP contribution in [0.25, 0.3) is 10.8 Å². The standard InChI is InChI=1S/C25H23N3O3/c1-25(18-10-4-2-5-11-18,19-12-6-3-7-13-19)26-22(29)16-17-28-24(31)21-15-9-8-14-20(21)23(30)27-28/h2-15H,16-17H2,1H3,(H,26,29)(H,27,30). The van der Waals surface area contributed by atoms with Crippen molar-refractivity contribution in [1.29, 1.82) is 0 Å². The van der Waals surface area contributed by atoms with E-state index in [0.29, 0.717) is 10.8 Å². The number of carbonyl (C=O) groups is 1. The zero-order chi connectivity index (χ0) is 21.8. The molecule has 4 rings (SSSR count). The van der Waals surface area contributed by atoms with Gasteiger partial charge < -0.3 is 5.32 Å². The number of nitrogens with zero attached hydrogens (tertiary/aromatic N) is 1. The van der Waals surface area contributed by atoms with Gasteiger partial charge in [-0.15, -0.1) is 0 Å². The molecule has 0 saturated heterocycles. The topological polar surface area (TPSA) is 84.0 Å². The Kier molecular flexibility index (Phi) is 5.54. The molecule has 0 unspecified atom stereocenters. The lowest BCUT2D eigenvalue weighted by Gasteiger charge is -2.32. The maximum Gasteiger partial charge on any atom is 0.273 e. The highest BCUT2D eigenvalue weighted by Crippen LogP contribution is 2.29. The maximum absolute atomic E-state index is 12.9. The van der Waals surface area contributed by atoms with Gasteiger partial charge in [-0.3, -0.25) is 19.5 Å². The molecule has 6 nitrogen and oxygen atoms in total. The maximum atomic E-state index is 12.9. The molecule has 156 valence electrons. The Bertz CT molecular complexity index is 1290. The summed E-state index contributed by atoms with van der Waals surface area (Å²) in [6.45, 7) is 2.03. The monoisotopic (exact) mass is 413 g/mol. The Morgan fingerprint density at radius 3 is 1.94 bits per heavy atom. The summed E-state index contributed by atoms with van der Waals surface area (Å²) in [7, 11) is 0. The van der Waals surface area contributed by atoms with Gasteiger partial charge in [0.15, 0.2) is 0 Å². The van der Waals surface area contributed by atoms with E-state index >= 15 is 0 Å². The quantitative estimate of drug-likeness (QED) is 0.509.